The zero-order chi connectivity index (χ0) is 25.3. The number of hydrogen-bond acceptors (Lipinski definition) is 3. The standard InChI is InChI=1S/C26H50O2Si2.C2H6O/c1-7-9-11-13-15-17-19-29(3,4)25-21-24(28)26(22-23(25)27)30(5,6)20-18-16-14-12-10-8-2;1-3-2/h21-22,27-28H,7-20H2,1-6H3;1-2H3. The van der Waals surface area contributed by atoms with Crippen molar-refractivity contribution in [3.8, 4) is 11.5 Å². The molecule has 0 unspecified atom stereocenters. The lowest BCUT2D eigenvalue weighted by Gasteiger charge is -2.28. The third-order valence-corrected chi connectivity index (χ3v) is 13.8. The van der Waals surface area contributed by atoms with Crippen molar-refractivity contribution < 1.29 is 14.9 Å². The zero-order valence-corrected chi connectivity index (χ0v) is 25.4. The Kier molecular flexibility index (Phi) is 17.2. The van der Waals surface area contributed by atoms with Crippen LogP contribution in [0.5, 0.6) is 11.5 Å². The van der Waals surface area contributed by atoms with Crippen molar-refractivity contribution in [3.63, 3.8) is 0 Å². The summed E-state index contributed by atoms with van der Waals surface area (Å²) in [7, 11) is -0.239. The van der Waals surface area contributed by atoms with E-state index >= 15 is 0 Å². The number of phenols is 2. The van der Waals surface area contributed by atoms with Crippen molar-refractivity contribution in [2.75, 3.05) is 14.2 Å². The van der Waals surface area contributed by atoms with Gasteiger partial charge in [0.2, 0.25) is 0 Å². The fourth-order valence-corrected chi connectivity index (χ4v) is 10.0. The van der Waals surface area contributed by atoms with Gasteiger partial charge in [-0.05, 0) is 22.5 Å². The fraction of sp³-hybridized carbons (Fsp3) is 0.786. The largest absolute Gasteiger partial charge is 0.508 e. The van der Waals surface area contributed by atoms with Gasteiger partial charge in [0.15, 0.2) is 0 Å². The molecule has 0 aliphatic carbocycles. The molecule has 0 spiro atoms. The van der Waals surface area contributed by atoms with Gasteiger partial charge in [-0.3, -0.25) is 0 Å². The minimum atomic E-state index is -1.74. The lowest BCUT2D eigenvalue weighted by molar-refractivity contribution is 0.277. The number of ether oxygens (including phenoxy) is 1. The lowest BCUT2D eigenvalue weighted by atomic mass is 10.1. The molecular weight excluding hydrogens is 440 g/mol. The Hall–Kier alpha value is -0.786. The first-order valence-electron chi connectivity index (χ1n) is 13.5. The van der Waals surface area contributed by atoms with Gasteiger partial charge < -0.3 is 14.9 Å². The molecule has 0 fully saturated rings. The molecule has 0 aliphatic heterocycles. The topological polar surface area (TPSA) is 49.7 Å². The maximum Gasteiger partial charge on any atom is 0.114 e. The monoisotopic (exact) mass is 496 g/mol. The summed E-state index contributed by atoms with van der Waals surface area (Å²) in [5.74, 6) is 0.878. The van der Waals surface area contributed by atoms with Crippen LogP contribution in [0.25, 0.3) is 0 Å². The summed E-state index contributed by atoms with van der Waals surface area (Å²) in [5, 5.41) is 23.9. The average molecular weight is 497 g/mol. The predicted octanol–water partition coefficient (Wildman–Crippen LogP) is 7.91. The van der Waals surface area contributed by atoms with E-state index in [1.54, 1.807) is 14.2 Å². The molecule has 0 bridgehead atoms. The van der Waals surface area contributed by atoms with Gasteiger partial charge in [0.1, 0.15) is 11.5 Å². The Morgan fingerprint density at radius 3 is 1.15 bits per heavy atom. The van der Waals surface area contributed by atoms with E-state index in [4.69, 9.17) is 0 Å². The molecule has 1 aromatic rings. The first-order chi connectivity index (χ1) is 15.6. The third kappa shape index (κ3) is 13.0. The van der Waals surface area contributed by atoms with Crippen molar-refractivity contribution in [1.29, 1.82) is 0 Å². The van der Waals surface area contributed by atoms with Crippen LogP contribution in [0.1, 0.15) is 90.9 Å². The molecule has 0 aliphatic rings. The second-order valence-corrected chi connectivity index (χ2v) is 20.7. The number of phenolic OH excluding ortho intramolecular Hbond substituents is 2. The van der Waals surface area contributed by atoms with Gasteiger partial charge >= 0.3 is 0 Å². The van der Waals surface area contributed by atoms with Gasteiger partial charge in [0.25, 0.3) is 0 Å². The highest BCUT2D eigenvalue weighted by Gasteiger charge is 2.31. The second-order valence-electron chi connectivity index (χ2n) is 11.1. The van der Waals surface area contributed by atoms with E-state index in [2.05, 4.69) is 44.8 Å². The Morgan fingerprint density at radius 2 is 0.848 bits per heavy atom. The van der Waals surface area contributed by atoms with E-state index in [1.807, 2.05) is 12.1 Å². The smallest absolute Gasteiger partial charge is 0.114 e. The molecule has 3 nitrogen and oxygen atoms in total. The highest BCUT2D eigenvalue weighted by molar-refractivity contribution is 6.92. The van der Waals surface area contributed by atoms with E-state index in [-0.39, 0.29) is 0 Å². The summed E-state index contributed by atoms with van der Waals surface area (Å²) >= 11 is 0. The SMILES string of the molecule is CCCCCCCC[Si](C)(C)c1cc(O)c([Si](C)(C)CCCCCCCC)cc1O.COC. The molecule has 194 valence electrons. The molecule has 1 rings (SSSR count). The molecule has 0 atom stereocenters. The van der Waals surface area contributed by atoms with Crippen LogP contribution in [0.2, 0.25) is 38.3 Å². The molecule has 0 amide bonds. The minimum absolute atomic E-state index is 0.439. The summed E-state index contributed by atoms with van der Waals surface area (Å²) in [4.78, 5) is 0. The maximum absolute atomic E-state index is 10.9. The number of benzene rings is 1. The molecular formula is C28H56O3Si2. The van der Waals surface area contributed by atoms with E-state index in [0.29, 0.717) is 11.5 Å². The normalized spacial score (nSPS) is 11.9. The molecule has 1 aromatic carbocycles. The van der Waals surface area contributed by atoms with E-state index in [9.17, 15) is 10.2 Å². The number of aromatic hydroxyl groups is 2. The number of hydrogen-bond donors (Lipinski definition) is 2. The molecule has 2 N–H and O–H groups in total. The Balaban J connectivity index is 0.00000322. The Morgan fingerprint density at radius 1 is 0.576 bits per heavy atom. The Bertz CT molecular complexity index is 576. The Labute approximate surface area is 208 Å². The molecule has 0 aromatic heterocycles. The minimum Gasteiger partial charge on any atom is -0.508 e. The van der Waals surface area contributed by atoms with Gasteiger partial charge in [-0.25, -0.2) is 0 Å². The van der Waals surface area contributed by atoms with Crippen molar-refractivity contribution >= 4 is 26.5 Å². The maximum atomic E-state index is 10.9. The average Bonchev–Trinajstić information content (AvgIpc) is 2.74. The van der Waals surface area contributed by atoms with Gasteiger partial charge in [0, 0.05) is 14.2 Å². The van der Waals surface area contributed by atoms with Crippen LogP contribution in [-0.2, 0) is 4.74 Å². The fourth-order valence-electron chi connectivity index (χ4n) is 4.62. The zero-order valence-electron chi connectivity index (χ0n) is 23.4. The third-order valence-electron chi connectivity index (χ3n) is 6.88. The van der Waals surface area contributed by atoms with Crippen LogP contribution in [0.4, 0.5) is 0 Å². The van der Waals surface area contributed by atoms with Gasteiger partial charge in [0.05, 0.1) is 16.1 Å². The van der Waals surface area contributed by atoms with E-state index in [0.717, 1.165) is 10.4 Å². The van der Waals surface area contributed by atoms with Gasteiger partial charge in [-0.15, -0.1) is 0 Å². The summed E-state index contributed by atoms with van der Waals surface area (Å²) in [6.07, 6.45) is 15.7. The number of methoxy groups -OCH3 is 1. The highest BCUT2D eigenvalue weighted by Crippen LogP contribution is 2.26. The van der Waals surface area contributed by atoms with Crippen molar-refractivity contribution in [3.05, 3.63) is 12.1 Å². The first-order valence-corrected chi connectivity index (χ1v) is 20.0. The molecule has 0 saturated carbocycles. The quantitative estimate of drug-likeness (QED) is 0.139. The van der Waals surface area contributed by atoms with Crippen molar-refractivity contribution in [2.45, 2.75) is 129 Å². The highest BCUT2D eigenvalue weighted by atomic mass is 28.3. The molecule has 0 radical (unpaired) electrons. The van der Waals surface area contributed by atoms with Crippen molar-refractivity contribution in [2.24, 2.45) is 0 Å². The summed E-state index contributed by atoms with van der Waals surface area (Å²) < 4.78 is 4.25. The summed E-state index contributed by atoms with van der Waals surface area (Å²) in [5.41, 5.74) is 0. The number of unbranched alkanes of at least 4 members (excludes halogenated alkanes) is 10. The molecule has 0 saturated heterocycles. The molecule has 0 heterocycles. The van der Waals surface area contributed by atoms with Crippen LogP contribution in [0, 0.1) is 0 Å². The van der Waals surface area contributed by atoms with Gasteiger partial charge in [-0.2, -0.15) is 0 Å². The molecule has 33 heavy (non-hydrogen) atoms. The summed E-state index contributed by atoms with van der Waals surface area (Å²) in [6, 6.07) is 6.24. The second kappa shape index (κ2) is 17.6. The molecule has 5 heteroatoms. The van der Waals surface area contributed by atoms with Crippen LogP contribution in [0.3, 0.4) is 0 Å². The van der Waals surface area contributed by atoms with Crippen LogP contribution < -0.4 is 10.4 Å². The van der Waals surface area contributed by atoms with E-state index in [1.165, 1.54) is 89.1 Å². The van der Waals surface area contributed by atoms with Crippen LogP contribution in [-0.4, -0.2) is 40.6 Å². The predicted molar refractivity (Wildman–Crippen MR) is 153 cm³/mol. The summed E-state index contributed by atoms with van der Waals surface area (Å²) in [6.45, 7) is 13.9. The lowest BCUT2D eigenvalue weighted by Crippen LogP contribution is -2.45. The van der Waals surface area contributed by atoms with Gasteiger partial charge in [-0.1, -0.05) is 129 Å². The number of rotatable bonds is 16. The first kappa shape index (κ1) is 32.2. The van der Waals surface area contributed by atoms with Crippen LogP contribution >= 0.6 is 0 Å². The van der Waals surface area contributed by atoms with Crippen molar-refractivity contribution in [1.82, 2.24) is 0 Å². The van der Waals surface area contributed by atoms with E-state index < -0.39 is 16.1 Å². The van der Waals surface area contributed by atoms with Crippen LogP contribution in [0.15, 0.2) is 12.1 Å².